The van der Waals surface area contributed by atoms with Crippen molar-refractivity contribution < 1.29 is 8.42 Å². The number of sulfone groups is 1. The van der Waals surface area contributed by atoms with Gasteiger partial charge in [0.05, 0.1) is 11.0 Å². The largest absolute Gasteiger partial charge is 0.350 e. The molecule has 1 fully saturated rings. The first kappa shape index (κ1) is 13.6. The fourth-order valence-electron chi connectivity index (χ4n) is 2.52. The Hall–Kier alpha value is -0.810. The molecule has 1 unspecified atom stereocenters. The molecule has 102 valence electrons. The van der Waals surface area contributed by atoms with Crippen LogP contribution in [0.1, 0.15) is 31.9 Å². The Kier molecular flexibility index (Phi) is 4.45. The van der Waals surface area contributed by atoms with Gasteiger partial charge in [-0.15, -0.1) is 0 Å². The fraction of sp³-hybridized carbons (Fsp3) is 0.692. The molecule has 1 aromatic rings. The highest BCUT2D eigenvalue weighted by Gasteiger charge is 2.30. The predicted molar refractivity (Wildman–Crippen MR) is 73.2 cm³/mol. The van der Waals surface area contributed by atoms with Crippen molar-refractivity contribution in [2.24, 2.45) is 0 Å². The number of hydrogen-bond donors (Lipinski definition) is 1. The predicted octanol–water partition coefficient (Wildman–Crippen LogP) is 1.56. The minimum atomic E-state index is -2.82. The normalized spacial score (nSPS) is 22.4. The minimum absolute atomic E-state index is 0.174. The van der Waals surface area contributed by atoms with Gasteiger partial charge in [0, 0.05) is 31.5 Å². The topological polar surface area (TPSA) is 51.1 Å². The Morgan fingerprint density at radius 1 is 1.50 bits per heavy atom. The molecule has 1 atom stereocenters. The highest BCUT2D eigenvalue weighted by atomic mass is 32.2. The van der Waals surface area contributed by atoms with E-state index in [1.165, 1.54) is 5.69 Å². The van der Waals surface area contributed by atoms with E-state index in [0.29, 0.717) is 12.3 Å². The SMILES string of the molecule is CCCn1cccc1CNCC1CCCS1(=O)=O. The maximum atomic E-state index is 11.7. The van der Waals surface area contributed by atoms with Crippen LogP contribution in [0.25, 0.3) is 0 Å². The van der Waals surface area contributed by atoms with E-state index in [0.717, 1.165) is 32.4 Å². The van der Waals surface area contributed by atoms with E-state index < -0.39 is 9.84 Å². The van der Waals surface area contributed by atoms with Gasteiger partial charge in [-0.05, 0) is 31.4 Å². The van der Waals surface area contributed by atoms with Gasteiger partial charge in [-0.1, -0.05) is 6.92 Å². The van der Waals surface area contributed by atoms with Crippen LogP contribution in [0.4, 0.5) is 0 Å². The lowest BCUT2D eigenvalue weighted by atomic mass is 10.2. The summed E-state index contributed by atoms with van der Waals surface area (Å²) in [7, 11) is -2.82. The Labute approximate surface area is 109 Å². The van der Waals surface area contributed by atoms with Gasteiger partial charge < -0.3 is 9.88 Å². The molecule has 2 heterocycles. The molecule has 0 aliphatic carbocycles. The van der Waals surface area contributed by atoms with Gasteiger partial charge in [-0.2, -0.15) is 0 Å². The summed E-state index contributed by atoms with van der Waals surface area (Å²) < 4.78 is 25.6. The van der Waals surface area contributed by atoms with Crippen LogP contribution in [0.15, 0.2) is 18.3 Å². The second-order valence-corrected chi connectivity index (χ2v) is 7.36. The number of hydrogen-bond acceptors (Lipinski definition) is 3. The van der Waals surface area contributed by atoms with Gasteiger partial charge in [-0.3, -0.25) is 0 Å². The van der Waals surface area contributed by atoms with Crippen molar-refractivity contribution in [3.8, 4) is 0 Å². The average Bonchev–Trinajstić information content (AvgIpc) is 2.88. The first-order valence-electron chi connectivity index (χ1n) is 6.70. The summed E-state index contributed by atoms with van der Waals surface area (Å²) in [6.45, 7) is 4.51. The minimum Gasteiger partial charge on any atom is -0.350 e. The molecule has 0 saturated carbocycles. The van der Waals surface area contributed by atoms with Gasteiger partial charge in [-0.25, -0.2) is 8.42 Å². The molecule has 18 heavy (non-hydrogen) atoms. The Bertz CT molecular complexity index is 479. The summed E-state index contributed by atoms with van der Waals surface area (Å²) in [6, 6.07) is 4.13. The molecule has 2 rings (SSSR count). The Morgan fingerprint density at radius 3 is 3.00 bits per heavy atom. The summed E-state index contributed by atoms with van der Waals surface area (Å²) >= 11 is 0. The smallest absolute Gasteiger partial charge is 0.154 e. The highest BCUT2D eigenvalue weighted by molar-refractivity contribution is 7.92. The molecule has 5 heteroatoms. The molecule has 1 N–H and O–H groups in total. The lowest BCUT2D eigenvalue weighted by molar-refractivity contribution is 0.562. The van der Waals surface area contributed by atoms with E-state index >= 15 is 0 Å². The third kappa shape index (κ3) is 3.14. The molecule has 1 aromatic heterocycles. The van der Waals surface area contributed by atoms with Gasteiger partial charge in [0.15, 0.2) is 9.84 Å². The molecule has 0 amide bonds. The van der Waals surface area contributed by atoms with E-state index in [1.807, 2.05) is 6.07 Å². The van der Waals surface area contributed by atoms with Gasteiger partial charge in [0.1, 0.15) is 0 Å². The molecule has 0 bridgehead atoms. The molecule has 0 aromatic carbocycles. The third-order valence-electron chi connectivity index (χ3n) is 3.53. The second-order valence-electron chi connectivity index (χ2n) is 4.96. The van der Waals surface area contributed by atoms with Crippen molar-refractivity contribution in [1.29, 1.82) is 0 Å². The zero-order valence-corrected chi connectivity index (χ0v) is 11.7. The first-order valence-corrected chi connectivity index (χ1v) is 8.41. The monoisotopic (exact) mass is 270 g/mol. The number of nitrogens with one attached hydrogen (secondary N) is 1. The highest BCUT2D eigenvalue weighted by Crippen LogP contribution is 2.19. The molecule has 1 aliphatic rings. The fourth-order valence-corrected chi connectivity index (χ4v) is 4.32. The van der Waals surface area contributed by atoms with Crippen molar-refractivity contribution in [2.75, 3.05) is 12.3 Å². The quantitative estimate of drug-likeness (QED) is 0.853. The molecule has 4 nitrogen and oxygen atoms in total. The number of rotatable bonds is 6. The van der Waals surface area contributed by atoms with Crippen molar-refractivity contribution in [3.63, 3.8) is 0 Å². The maximum Gasteiger partial charge on any atom is 0.154 e. The number of aryl methyl sites for hydroxylation is 1. The van der Waals surface area contributed by atoms with Crippen LogP contribution in [-0.2, 0) is 22.9 Å². The van der Waals surface area contributed by atoms with Crippen LogP contribution in [0.3, 0.4) is 0 Å². The number of nitrogens with zero attached hydrogens (tertiary/aromatic N) is 1. The van der Waals surface area contributed by atoms with Crippen molar-refractivity contribution in [3.05, 3.63) is 24.0 Å². The standard InChI is InChI=1S/C13H22N2O2S/c1-2-7-15-8-3-5-12(15)10-14-11-13-6-4-9-18(13,16)17/h3,5,8,13-14H,2,4,6-7,9-11H2,1H3. The zero-order valence-electron chi connectivity index (χ0n) is 10.9. The van der Waals surface area contributed by atoms with Crippen molar-refractivity contribution in [1.82, 2.24) is 9.88 Å². The Balaban J connectivity index is 1.83. The van der Waals surface area contributed by atoms with E-state index in [-0.39, 0.29) is 5.25 Å². The average molecular weight is 270 g/mol. The van der Waals surface area contributed by atoms with E-state index in [4.69, 9.17) is 0 Å². The van der Waals surface area contributed by atoms with Crippen LogP contribution in [0, 0.1) is 0 Å². The molecule has 0 radical (unpaired) electrons. The van der Waals surface area contributed by atoms with Crippen molar-refractivity contribution >= 4 is 9.84 Å². The molecular weight excluding hydrogens is 248 g/mol. The third-order valence-corrected chi connectivity index (χ3v) is 5.80. The van der Waals surface area contributed by atoms with Crippen molar-refractivity contribution in [2.45, 2.75) is 44.5 Å². The van der Waals surface area contributed by atoms with Crippen LogP contribution in [0.5, 0.6) is 0 Å². The van der Waals surface area contributed by atoms with E-state index in [9.17, 15) is 8.42 Å². The summed E-state index contributed by atoms with van der Waals surface area (Å²) in [4.78, 5) is 0. The van der Waals surface area contributed by atoms with E-state index in [2.05, 4.69) is 29.1 Å². The molecule has 0 spiro atoms. The summed E-state index contributed by atoms with van der Waals surface area (Å²) in [6.07, 6.45) is 4.82. The van der Waals surface area contributed by atoms with E-state index in [1.54, 1.807) is 0 Å². The van der Waals surface area contributed by atoms with Crippen LogP contribution >= 0.6 is 0 Å². The molecule has 1 aliphatic heterocycles. The van der Waals surface area contributed by atoms with Gasteiger partial charge in [0.25, 0.3) is 0 Å². The second kappa shape index (κ2) is 5.89. The first-order chi connectivity index (χ1) is 8.63. The zero-order chi connectivity index (χ0) is 13.0. The lowest BCUT2D eigenvalue weighted by Crippen LogP contribution is -2.30. The lowest BCUT2D eigenvalue weighted by Gasteiger charge is -2.12. The maximum absolute atomic E-state index is 11.7. The van der Waals surface area contributed by atoms with Crippen LogP contribution < -0.4 is 5.32 Å². The Morgan fingerprint density at radius 2 is 2.33 bits per heavy atom. The van der Waals surface area contributed by atoms with Crippen LogP contribution in [0.2, 0.25) is 0 Å². The number of aromatic nitrogens is 1. The summed E-state index contributed by atoms with van der Waals surface area (Å²) in [5.41, 5.74) is 1.23. The van der Waals surface area contributed by atoms with Gasteiger partial charge >= 0.3 is 0 Å². The summed E-state index contributed by atoms with van der Waals surface area (Å²) in [5.74, 6) is 0.367. The van der Waals surface area contributed by atoms with Crippen LogP contribution in [-0.4, -0.2) is 30.5 Å². The summed E-state index contributed by atoms with van der Waals surface area (Å²) in [5, 5.41) is 3.11. The van der Waals surface area contributed by atoms with Gasteiger partial charge in [0.2, 0.25) is 0 Å². The molecular formula is C13H22N2O2S. The molecule has 1 saturated heterocycles.